The van der Waals surface area contributed by atoms with Crippen LogP contribution in [0.5, 0.6) is 0 Å². The lowest BCUT2D eigenvalue weighted by Crippen LogP contribution is -2.50. The zero-order valence-corrected chi connectivity index (χ0v) is 17.4. The largest absolute Gasteiger partial charge is 0.354 e. The van der Waals surface area contributed by atoms with Gasteiger partial charge < -0.3 is 10.3 Å². The number of para-hydroxylation sites is 2. The van der Waals surface area contributed by atoms with Gasteiger partial charge in [-0.1, -0.05) is 24.3 Å². The predicted octanol–water partition coefficient (Wildman–Crippen LogP) is 2.64. The van der Waals surface area contributed by atoms with Crippen LogP contribution in [0.25, 0.3) is 11.0 Å². The Hall–Kier alpha value is -3.13. The fourth-order valence-corrected chi connectivity index (χ4v) is 4.10. The van der Waals surface area contributed by atoms with Gasteiger partial charge in [0.05, 0.1) is 22.2 Å². The third kappa shape index (κ3) is 3.82. The molecule has 1 unspecified atom stereocenters. The van der Waals surface area contributed by atoms with E-state index in [4.69, 9.17) is 0 Å². The molecule has 4 rings (SSSR count). The molecule has 0 saturated heterocycles. The highest BCUT2D eigenvalue weighted by Gasteiger charge is 2.42. The van der Waals surface area contributed by atoms with E-state index in [0.29, 0.717) is 36.3 Å². The van der Waals surface area contributed by atoms with Crippen molar-refractivity contribution in [3.05, 3.63) is 65.5 Å². The van der Waals surface area contributed by atoms with Crippen molar-refractivity contribution in [2.75, 3.05) is 18.6 Å². The third-order valence-electron chi connectivity index (χ3n) is 5.13. The second kappa shape index (κ2) is 8.71. The highest BCUT2D eigenvalue weighted by Crippen LogP contribution is 2.26. The number of fused-ring (bicyclic) bond motifs is 2. The molecule has 2 N–H and O–H groups in total. The Morgan fingerprint density at radius 1 is 1.10 bits per heavy atom. The predicted molar refractivity (Wildman–Crippen MR) is 117 cm³/mol. The van der Waals surface area contributed by atoms with E-state index < -0.39 is 17.9 Å². The van der Waals surface area contributed by atoms with Crippen molar-refractivity contribution in [2.45, 2.75) is 18.9 Å². The van der Waals surface area contributed by atoms with E-state index in [2.05, 4.69) is 15.3 Å². The van der Waals surface area contributed by atoms with Gasteiger partial charge in [-0.3, -0.25) is 19.3 Å². The van der Waals surface area contributed by atoms with E-state index in [0.717, 1.165) is 21.8 Å². The second-order valence-electron chi connectivity index (χ2n) is 7.06. The number of amides is 3. The smallest absolute Gasteiger partial charge is 0.262 e. The molecule has 7 nitrogen and oxygen atoms in total. The van der Waals surface area contributed by atoms with Crippen molar-refractivity contribution in [3.63, 3.8) is 0 Å². The van der Waals surface area contributed by atoms with Gasteiger partial charge in [0.1, 0.15) is 11.9 Å². The van der Waals surface area contributed by atoms with Crippen molar-refractivity contribution < 1.29 is 14.4 Å². The molecule has 1 aliphatic heterocycles. The summed E-state index contributed by atoms with van der Waals surface area (Å²) in [6, 6.07) is 13.6. The maximum Gasteiger partial charge on any atom is 0.262 e. The van der Waals surface area contributed by atoms with E-state index in [1.807, 2.05) is 30.5 Å². The Morgan fingerprint density at radius 3 is 2.43 bits per heavy atom. The van der Waals surface area contributed by atoms with Gasteiger partial charge >= 0.3 is 0 Å². The molecule has 30 heavy (non-hydrogen) atoms. The maximum atomic E-state index is 12.9. The average Bonchev–Trinajstić information content (AvgIpc) is 3.28. The van der Waals surface area contributed by atoms with Crippen LogP contribution >= 0.6 is 11.8 Å². The Bertz CT molecular complexity index is 1040. The molecule has 1 aliphatic rings. The van der Waals surface area contributed by atoms with E-state index in [1.54, 1.807) is 36.0 Å². The number of nitrogens with zero attached hydrogens (tertiary/aromatic N) is 2. The van der Waals surface area contributed by atoms with E-state index >= 15 is 0 Å². The number of rotatable bonds is 8. The molecular formula is C22H22N4O3S. The number of hydrogen-bond acceptors (Lipinski definition) is 5. The van der Waals surface area contributed by atoms with Crippen molar-refractivity contribution >= 4 is 40.5 Å². The van der Waals surface area contributed by atoms with Crippen molar-refractivity contribution in [1.82, 2.24) is 20.2 Å². The topological polar surface area (TPSA) is 95.2 Å². The fourth-order valence-electron chi connectivity index (χ4n) is 3.64. The molecule has 0 radical (unpaired) electrons. The van der Waals surface area contributed by atoms with Gasteiger partial charge in [0.25, 0.3) is 11.8 Å². The molecule has 0 bridgehead atoms. The number of thioether (sulfide) groups is 1. The first kappa shape index (κ1) is 20.2. The van der Waals surface area contributed by atoms with Gasteiger partial charge in [0.2, 0.25) is 5.91 Å². The molecule has 2 aromatic carbocycles. The number of imide groups is 1. The molecule has 2 heterocycles. The monoisotopic (exact) mass is 422 g/mol. The highest BCUT2D eigenvalue weighted by molar-refractivity contribution is 7.98. The summed E-state index contributed by atoms with van der Waals surface area (Å²) in [6.45, 7) is 0.359. The lowest BCUT2D eigenvalue weighted by molar-refractivity contribution is -0.125. The molecule has 0 spiro atoms. The molecule has 0 saturated carbocycles. The summed E-state index contributed by atoms with van der Waals surface area (Å²) in [5, 5.41) is 2.87. The molecule has 3 amide bonds. The number of nitrogens with one attached hydrogen (secondary N) is 2. The van der Waals surface area contributed by atoms with Crippen LogP contribution in [-0.4, -0.2) is 57.2 Å². The van der Waals surface area contributed by atoms with Crippen molar-refractivity contribution in [3.8, 4) is 0 Å². The van der Waals surface area contributed by atoms with Gasteiger partial charge in [-0.2, -0.15) is 11.8 Å². The van der Waals surface area contributed by atoms with Crippen LogP contribution in [0.1, 0.15) is 33.0 Å². The third-order valence-corrected chi connectivity index (χ3v) is 5.78. The van der Waals surface area contributed by atoms with Gasteiger partial charge in [0.15, 0.2) is 0 Å². The Balaban J connectivity index is 1.45. The summed E-state index contributed by atoms with van der Waals surface area (Å²) in [6.07, 6.45) is 2.86. The number of aromatic nitrogens is 2. The second-order valence-corrected chi connectivity index (χ2v) is 8.05. The minimum absolute atomic E-state index is 0.324. The number of hydrogen-bond donors (Lipinski definition) is 2. The lowest BCUT2D eigenvalue weighted by Gasteiger charge is -2.25. The quantitative estimate of drug-likeness (QED) is 0.544. The van der Waals surface area contributed by atoms with Crippen molar-refractivity contribution in [2.24, 2.45) is 0 Å². The van der Waals surface area contributed by atoms with Crippen LogP contribution in [0.4, 0.5) is 0 Å². The number of carbonyl (C=O) groups excluding carboxylic acids is 3. The number of benzene rings is 2. The van der Waals surface area contributed by atoms with Crippen LogP contribution in [-0.2, 0) is 11.2 Å². The number of carbonyl (C=O) groups is 3. The highest BCUT2D eigenvalue weighted by atomic mass is 32.2. The van der Waals surface area contributed by atoms with Crippen LogP contribution in [0.15, 0.2) is 48.5 Å². The molecular weight excluding hydrogens is 400 g/mol. The fraction of sp³-hybridized carbons (Fsp3) is 0.273. The SMILES string of the molecule is CSCCC(C(=O)NCCc1nc2ccccc2[nH]1)N1C(=O)c2ccccc2C1=O. The number of aromatic amines is 1. The standard InChI is InChI=1S/C22H22N4O3S/c1-30-13-11-18(26-21(28)14-6-2-3-7-15(14)22(26)29)20(27)23-12-10-19-24-16-8-4-5-9-17(16)25-19/h2-9,18H,10-13H2,1H3,(H,23,27)(H,24,25). The van der Waals surface area contributed by atoms with Gasteiger partial charge in [-0.25, -0.2) is 4.98 Å². The molecule has 0 fully saturated rings. The summed E-state index contributed by atoms with van der Waals surface area (Å²) in [5.74, 6) is 0.297. The first-order valence-electron chi connectivity index (χ1n) is 9.77. The van der Waals surface area contributed by atoms with Crippen LogP contribution in [0.3, 0.4) is 0 Å². The minimum Gasteiger partial charge on any atom is -0.354 e. The Morgan fingerprint density at radius 2 is 1.77 bits per heavy atom. The van der Waals surface area contributed by atoms with E-state index in [1.165, 1.54) is 0 Å². The molecule has 1 aromatic heterocycles. The molecule has 0 aliphatic carbocycles. The zero-order valence-electron chi connectivity index (χ0n) is 16.6. The van der Waals surface area contributed by atoms with Crippen LogP contribution in [0, 0.1) is 0 Å². The summed E-state index contributed by atoms with van der Waals surface area (Å²) >= 11 is 1.57. The molecule has 1 atom stereocenters. The van der Waals surface area contributed by atoms with Gasteiger partial charge in [-0.15, -0.1) is 0 Å². The number of imidazole rings is 1. The number of H-pyrrole nitrogens is 1. The molecule has 8 heteroatoms. The molecule has 3 aromatic rings. The Labute approximate surface area is 178 Å². The van der Waals surface area contributed by atoms with E-state index in [9.17, 15) is 14.4 Å². The summed E-state index contributed by atoms with van der Waals surface area (Å²) in [5.41, 5.74) is 2.53. The molecule has 154 valence electrons. The first-order chi connectivity index (χ1) is 14.6. The minimum atomic E-state index is -0.833. The van der Waals surface area contributed by atoms with Gasteiger partial charge in [-0.05, 0) is 42.7 Å². The summed E-state index contributed by atoms with van der Waals surface area (Å²) < 4.78 is 0. The van der Waals surface area contributed by atoms with Crippen LogP contribution < -0.4 is 5.32 Å². The van der Waals surface area contributed by atoms with Crippen LogP contribution in [0.2, 0.25) is 0 Å². The lowest BCUT2D eigenvalue weighted by atomic mass is 10.1. The Kier molecular flexibility index (Phi) is 5.85. The van der Waals surface area contributed by atoms with Gasteiger partial charge in [0, 0.05) is 13.0 Å². The maximum absolute atomic E-state index is 12.9. The van der Waals surface area contributed by atoms with E-state index in [-0.39, 0.29) is 5.91 Å². The summed E-state index contributed by atoms with van der Waals surface area (Å²) in [4.78, 5) is 47.4. The average molecular weight is 423 g/mol. The van der Waals surface area contributed by atoms with Crippen molar-refractivity contribution in [1.29, 1.82) is 0 Å². The summed E-state index contributed by atoms with van der Waals surface area (Å²) in [7, 11) is 0. The zero-order chi connectivity index (χ0) is 21.1. The normalized spacial score (nSPS) is 14.2. The first-order valence-corrected chi connectivity index (χ1v) is 11.2.